The van der Waals surface area contributed by atoms with E-state index in [1.165, 1.54) is 18.2 Å². The van der Waals surface area contributed by atoms with Crippen LogP contribution in [-0.4, -0.2) is 5.97 Å². The van der Waals surface area contributed by atoms with Crippen LogP contribution in [0.15, 0.2) is 40.8 Å². The number of benzene rings is 1. The molecule has 1 heterocycles. The molecule has 2 rings (SSSR count). The molecule has 1 aromatic heterocycles. The summed E-state index contributed by atoms with van der Waals surface area (Å²) in [5.74, 6) is -1.34. The van der Waals surface area contributed by atoms with Crippen molar-refractivity contribution in [3.05, 3.63) is 59.3 Å². The first-order valence-electron chi connectivity index (χ1n) is 4.69. The minimum atomic E-state index is -1.34. The molecule has 90 valence electrons. The molecule has 0 radical (unpaired) electrons. The fourth-order valence-electron chi connectivity index (χ4n) is 1.39. The van der Waals surface area contributed by atoms with E-state index in [-0.39, 0.29) is 24.0 Å². The fraction of sp³-hybridized carbons (Fsp3) is 0.0833. The lowest BCUT2D eigenvalue weighted by Gasteiger charge is -1.99. The molecular formula is C12H8ClFO3-2. The highest BCUT2D eigenvalue weighted by Crippen LogP contribution is 2.13. The maximum Gasteiger partial charge on any atom is 0.149 e. The third-order valence-corrected chi connectivity index (χ3v) is 2.15. The molecule has 5 heteroatoms. The van der Waals surface area contributed by atoms with Crippen molar-refractivity contribution in [2.45, 2.75) is 6.42 Å². The van der Waals surface area contributed by atoms with Crippen LogP contribution in [0.25, 0.3) is 0 Å². The lowest BCUT2D eigenvalue weighted by Crippen LogP contribution is -3.00. The van der Waals surface area contributed by atoms with Crippen molar-refractivity contribution in [1.82, 2.24) is 0 Å². The normalized spacial score (nSPS) is 9.71. The second-order valence-corrected chi connectivity index (χ2v) is 3.36. The number of furan rings is 1. The van der Waals surface area contributed by atoms with E-state index in [2.05, 4.69) is 0 Å². The van der Waals surface area contributed by atoms with E-state index in [0.29, 0.717) is 12.2 Å². The van der Waals surface area contributed by atoms with Gasteiger partial charge < -0.3 is 26.7 Å². The van der Waals surface area contributed by atoms with Gasteiger partial charge in [-0.2, -0.15) is 0 Å². The van der Waals surface area contributed by atoms with Crippen LogP contribution >= 0.6 is 0 Å². The quantitative estimate of drug-likeness (QED) is 0.661. The van der Waals surface area contributed by atoms with Crippen molar-refractivity contribution in [2.24, 2.45) is 0 Å². The van der Waals surface area contributed by atoms with Gasteiger partial charge in [0.25, 0.3) is 0 Å². The molecule has 2 aromatic rings. The van der Waals surface area contributed by atoms with Crippen LogP contribution in [0.2, 0.25) is 0 Å². The van der Waals surface area contributed by atoms with Gasteiger partial charge in [-0.25, -0.2) is 4.39 Å². The molecule has 0 saturated carbocycles. The minimum Gasteiger partial charge on any atom is -1.00 e. The summed E-state index contributed by atoms with van der Waals surface area (Å²) in [5.41, 5.74) is 0.848. The van der Waals surface area contributed by atoms with E-state index in [0.717, 1.165) is 5.56 Å². The van der Waals surface area contributed by atoms with E-state index in [9.17, 15) is 14.3 Å². The molecule has 0 aliphatic carbocycles. The van der Waals surface area contributed by atoms with Crippen LogP contribution in [0.4, 0.5) is 4.39 Å². The molecule has 0 N–H and O–H groups in total. The first kappa shape index (κ1) is 13.3. The summed E-state index contributed by atoms with van der Waals surface area (Å²) in [6.45, 7) is 0. The minimum absolute atomic E-state index is 0. The number of carboxylic acids is 1. The van der Waals surface area contributed by atoms with Gasteiger partial charge in [-0.05, 0) is 29.8 Å². The van der Waals surface area contributed by atoms with Gasteiger partial charge in [-0.3, -0.25) is 0 Å². The van der Waals surface area contributed by atoms with Gasteiger partial charge >= 0.3 is 0 Å². The molecular weight excluding hydrogens is 247 g/mol. The Morgan fingerprint density at radius 1 is 1.18 bits per heavy atom. The zero-order chi connectivity index (χ0) is 11.5. The van der Waals surface area contributed by atoms with E-state index in [1.54, 1.807) is 18.2 Å². The Morgan fingerprint density at radius 3 is 2.35 bits per heavy atom. The van der Waals surface area contributed by atoms with Gasteiger partial charge in [0.05, 0.1) is 0 Å². The summed E-state index contributed by atoms with van der Waals surface area (Å²) < 4.78 is 17.6. The monoisotopic (exact) mass is 254 g/mol. The number of carbonyl (C=O) groups excluding carboxylic acids is 1. The average Bonchev–Trinajstić information content (AvgIpc) is 2.70. The van der Waals surface area contributed by atoms with Crippen LogP contribution < -0.4 is 17.5 Å². The predicted octanol–water partition coefficient (Wildman–Crippen LogP) is -1.62. The Morgan fingerprint density at radius 2 is 1.82 bits per heavy atom. The third-order valence-electron chi connectivity index (χ3n) is 2.15. The summed E-state index contributed by atoms with van der Waals surface area (Å²) in [4.78, 5) is 10.5. The Balaban J connectivity index is 0.00000144. The van der Waals surface area contributed by atoms with E-state index in [4.69, 9.17) is 4.42 Å². The predicted molar refractivity (Wildman–Crippen MR) is 52.2 cm³/mol. The number of carbonyl (C=O) groups is 1. The van der Waals surface area contributed by atoms with Crippen molar-refractivity contribution >= 4 is 5.97 Å². The smallest absolute Gasteiger partial charge is 0.149 e. The molecule has 0 atom stereocenters. The highest BCUT2D eigenvalue weighted by atomic mass is 35.5. The Labute approximate surface area is 103 Å². The lowest BCUT2D eigenvalue weighted by atomic mass is 10.1. The standard InChI is InChI=1S/C12H9FO3.ClH/c13-9-3-1-8(2-4-9)7-10-5-6-11(16-10)12(14)15;/h1-6H,7H2,(H,14,15);1H/p-2. The summed E-state index contributed by atoms with van der Waals surface area (Å²) in [6.07, 6.45) is 0.424. The van der Waals surface area contributed by atoms with Gasteiger partial charge in [0.2, 0.25) is 0 Å². The molecule has 0 saturated heterocycles. The highest BCUT2D eigenvalue weighted by molar-refractivity contribution is 5.82. The molecule has 0 fully saturated rings. The van der Waals surface area contributed by atoms with Crippen LogP contribution in [0.1, 0.15) is 21.9 Å². The maximum atomic E-state index is 12.6. The second kappa shape index (κ2) is 5.50. The molecule has 0 bridgehead atoms. The molecule has 0 spiro atoms. The van der Waals surface area contributed by atoms with Crippen LogP contribution in [0, 0.1) is 5.82 Å². The first-order valence-corrected chi connectivity index (χ1v) is 4.69. The number of hydrogen-bond acceptors (Lipinski definition) is 3. The maximum absolute atomic E-state index is 12.6. The number of rotatable bonds is 3. The van der Waals surface area contributed by atoms with Crippen LogP contribution in [-0.2, 0) is 6.42 Å². The number of aromatic carboxylic acids is 1. The largest absolute Gasteiger partial charge is 1.00 e. The lowest BCUT2D eigenvalue weighted by molar-refractivity contribution is -0.257. The molecule has 0 aliphatic heterocycles. The summed E-state index contributed by atoms with van der Waals surface area (Å²) in [5, 5.41) is 10.5. The topological polar surface area (TPSA) is 53.3 Å². The van der Waals surface area contributed by atoms with Crippen molar-refractivity contribution in [3.8, 4) is 0 Å². The van der Waals surface area contributed by atoms with Gasteiger partial charge in [-0.1, -0.05) is 12.1 Å². The van der Waals surface area contributed by atoms with Crippen molar-refractivity contribution in [1.29, 1.82) is 0 Å². The van der Waals surface area contributed by atoms with E-state index < -0.39 is 5.97 Å². The Hall–Kier alpha value is -1.81. The van der Waals surface area contributed by atoms with Crippen molar-refractivity contribution in [3.63, 3.8) is 0 Å². The summed E-state index contributed by atoms with van der Waals surface area (Å²) in [6, 6.07) is 8.84. The van der Waals surface area contributed by atoms with E-state index >= 15 is 0 Å². The Kier molecular flexibility index (Phi) is 4.29. The number of carboxylic acid groups (broad SMARTS) is 1. The summed E-state index contributed by atoms with van der Waals surface area (Å²) >= 11 is 0. The zero-order valence-electron chi connectivity index (χ0n) is 8.65. The van der Waals surface area contributed by atoms with Gasteiger partial charge in [0, 0.05) is 6.42 Å². The zero-order valence-corrected chi connectivity index (χ0v) is 9.41. The van der Waals surface area contributed by atoms with Gasteiger partial charge in [0.15, 0.2) is 0 Å². The average molecular weight is 255 g/mol. The molecule has 1 aromatic carbocycles. The highest BCUT2D eigenvalue weighted by Gasteiger charge is 2.03. The van der Waals surface area contributed by atoms with Crippen molar-refractivity contribution in [2.75, 3.05) is 0 Å². The van der Waals surface area contributed by atoms with E-state index in [1.807, 2.05) is 0 Å². The second-order valence-electron chi connectivity index (χ2n) is 3.36. The fourth-order valence-corrected chi connectivity index (χ4v) is 1.39. The van der Waals surface area contributed by atoms with Crippen LogP contribution in [0.3, 0.4) is 0 Å². The molecule has 0 unspecified atom stereocenters. The van der Waals surface area contributed by atoms with Gasteiger partial charge in [0.1, 0.15) is 23.3 Å². The van der Waals surface area contributed by atoms with Crippen molar-refractivity contribution < 1.29 is 31.1 Å². The molecule has 0 amide bonds. The molecule has 17 heavy (non-hydrogen) atoms. The number of hydrogen-bond donors (Lipinski definition) is 0. The molecule has 0 aliphatic rings. The van der Waals surface area contributed by atoms with Gasteiger partial charge in [-0.15, -0.1) is 0 Å². The SMILES string of the molecule is O=C([O-])c1ccc(Cc2ccc(F)cc2)o1.[Cl-]. The molecule has 3 nitrogen and oxygen atoms in total. The first-order chi connectivity index (χ1) is 7.65. The third kappa shape index (κ3) is 3.32. The Bertz CT molecular complexity index is 505. The summed E-state index contributed by atoms with van der Waals surface area (Å²) in [7, 11) is 0. The van der Waals surface area contributed by atoms with Crippen LogP contribution in [0.5, 0.6) is 0 Å². The number of halogens is 2.